The standard InChI is InChI=1S/C18H25BN2O5/c20-13-3-1-2-4-14(13)21-9-12(10-21)25-15-6-5-11-7-8-19(24)26-17(11)16(15)18(22)23/h5-6,12-14,24H,1-4,7-10,20H2,(H,22,23)/t13-,14+/m1/s1. The topological polar surface area (TPSA) is 105 Å². The molecule has 7 nitrogen and oxygen atoms in total. The summed E-state index contributed by atoms with van der Waals surface area (Å²) in [6.45, 7) is 1.52. The van der Waals surface area contributed by atoms with Crippen LogP contribution in [0.4, 0.5) is 0 Å². The third kappa shape index (κ3) is 3.29. The first-order chi connectivity index (χ1) is 12.5. The molecule has 0 aromatic heterocycles. The largest absolute Gasteiger partial charge is 0.535 e. The van der Waals surface area contributed by atoms with E-state index < -0.39 is 13.1 Å². The number of rotatable bonds is 4. The molecule has 26 heavy (non-hydrogen) atoms. The van der Waals surface area contributed by atoms with Gasteiger partial charge in [-0.15, -0.1) is 0 Å². The van der Waals surface area contributed by atoms with Gasteiger partial charge in [-0.25, -0.2) is 4.79 Å². The van der Waals surface area contributed by atoms with Gasteiger partial charge >= 0.3 is 13.1 Å². The Morgan fingerprint density at radius 1 is 1.31 bits per heavy atom. The number of nitrogens with two attached hydrogens (primary N) is 1. The minimum atomic E-state index is -1.10. The van der Waals surface area contributed by atoms with Gasteiger partial charge in [0.05, 0.1) is 0 Å². The second-order valence-corrected chi connectivity index (χ2v) is 7.55. The third-order valence-corrected chi connectivity index (χ3v) is 5.75. The Morgan fingerprint density at radius 3 is 2.81 bits per heavy atom. The molecule has 1 aliphatic carbocycles. The second kappa shape index (κ2) is 7.10. The van der Waals surface area contributed by atoms with E-state index in [4.69, 9.17) is 15.1 Å². The minimum absolute atomic E-state index is 0.00840. The van der Waals surface area contributed by atoms with Crippen LogP contribution in [0, 0.1) is 0 Å². The molecule has 2 heterocycles. The molecule has 8 heteroatoms. The number of hydrogen-bond acceptors (Lipinski definition) is 6. The Hall–Kier alpha value is -1.77. The van der Waals surface area contributed by atoms with Gasteiger partial charge in [-0.3, -0.25) is 4.90 Å². The van der Waals surface area contributed by atoms with Crippen LogP contribution >= 0.6 is 0 Å². The second-order valence-electron chi connectivity index (χ2n) is 7.55. The maximum Gasteiger partial charge on any atom is 0.522 e. The number of carboxylic acids is 1. The molecular formula is C18H25BN2O5. The molecular weight excluding hydrogens is 335 g/mol. The summed E-state index contributed by atoms with van der Waals surface area (Å²) in [7, 11) is -0.970. The monoisotopic (exact) mass is 360 g/mol. The van der Waals surface area contributed by atoms with Crippen LogP contribution < -0.4 is 15.1 Å². The van der Waals surface area contributed by atoms with Crippen molar-refractivity contribution in [1.82, 2.24) is 4.90 Å². The SMILES string of the molecule is N[C@@H]1CCCC[C@@H]1N1CC(Oc2ccc3c(c2C(=O)O)OB(O)CC3)C1. The Bertz CT molecular complexity index is 694. The summed E-state index contributed by atoms with van der Waals surface area (Å²) in [5, 5.41) is 19.4. The van der Waals surface area contributed by atoms with E-state index in [1.54, 1.807) is 6.07 Å². The molecule has 1 saturated heterocycles. The molecule has 2 fully saturated rings. The summed E-state index contributed by atoms with van der Waals surface area (Å²) in [6.07, 6.45) is 5.62. The molecule has 0 radical (unpaired) electrons. The minimum Gasteiger partial charge on any atom is -0.535 e. The highest BCUT2D eigenvalue weighted by Crippen LogP contribution is 2.37. The Morgan fingerprint density at radius 2 is 2.08 bits per heavy atom. The van der Waals surface area contributed by atoms with Crippen LogP contribution in [0.25, 0.3) is 0 Å². The summed E-state index contributed by atoms with van der Waals surface area (Å²) in [4.78, 5) is 14.1. The fraction of sp³-hybridized carbons (Fsp3) is 0.611. The van der Waals surface area contributed by atoms with Gasteiger partial charge in [-0.05, 0) is 37.2 Å². The zero-order valence-electron chi connectivity index (χ0n) is 14.8. The molecule has 4 N–H and O–H groups in total. The summed E-state index contributed by atoms with van der Waals surface area (Å²) >= 11 is 0. The normalized spacial score (nSPS) is 26.6. The van der Waals surface area contributed by atoms with Crippen molar-refractivity contribution in [2.75, 3.05) is 13.1 Å². The fourth-order valence-electron chi connectivity index (χ4n) is 4.30. The molecule has 4 rings (SSSR count). The maximum absolute atomic E-state index is 11.8. The van der Waals surface area contributed by atoms with E-state index in [1.165, 1.54) is 12.8 Å². The van der Waals surface area contributed by atoms with Crippen molar-refractivity contribution in [3.8, 4) is 11.5 Å². The first-order valence-corrected chi connectivity index (χ1v) is 9.43. The van der Waals surface area contributed by atoms with Crippen LogP contribution in [0.3, 0.4) is 0 Å². The number of hydrogen-bond donors (Lipinski definition) is 3. The average Bonchev–Trinajstić information content (AvgIpc) is 2.57. The molecule has 1 aromatic rings. The number of benzene rings is 1. The number of aromatic carboxylic acids is 1. The van der Waals surface area contributed by atoms with Crippen LogP contribution in [0.2, 0.25) is 6.32 Å². The first-order valence-electron chi connectivity index (χ1n) is 9.43. The molecule has 140 valence electrons. The lowest BCUT2D eigenvalue weighted by molar-refractivity contribution is -0.0248. The number of carboxylic acid groups (broad SMARTS) is 1. The number of likely N-dealkylation sites (tertiary alicyclic amines) is 1. The van der Waals surface area contributed by atoms with Gasteiger partial charge in [0.25, 0.3) is 0 Å². The van der Waals surface area contributed by atoms with Crippen molar-refractivity contribution in [3.05, 3.63) is 23.3 Å². The number of fused-ring (bicyclic) bond motifs is 1. The molecule has 0 spiro atoms. The van der Waals surface area contributed by atoms with Crippen molar-refractivity contribution in [1.29, 1.82) is 0 Å². The van der Waals surface area contributed by atoms with Gasteiger partial charge in [-0.2, -0.15) is 0 Å². The smallest absolute Gasteiger partial charge is 0.522 e. The number of carbonyl (C=O) groups is 1. The summed E-state index contributed by atoms with van der Waals surface area (Å²) < 4.78 is 11.4. The average molecular weight is 360 g/mol. The van der Waals surface area contributed by atoms with E-state index in [-0.39, 0.29) is 23.5 Å². The Kier molecular flexibility index (Phi) is 4.81. The van der Waals surface area contributed by atoms with Crippen molar-refractivity contribution in [3.63, 3.8) is 0 Å². The van der Waals surface area contributed by atoms with Gasteiger partial charge in [0, 0.05) is 25.2 Å². The molecule has 0 amide bonds. The van der Waals surface area contributed by atoms with Crippen molar-refractivity contribution in [2.24, 2.45) is 5.73 Å². The van der Waals surface area contributed by atoms with E-state index in [1.807, 2.05) is 6.07 Å². The summed E-state index contributed by atoms with van der Waals surface area (Å²) in [5.74, 6) is -0.557. The molecule has 0 bridgehead atoms. The number of aryl methyl sites for hydroxylation is 1. The predicted octanol–water partition coefficient (Wildman–Crippen LogP) is 1.13. The Labute approximate surface area is 153 Å². The third-order valence-electron chi connectivity index (χ3n) is 5.75. The molecule has 3 aliphatic rings. The van der Waals surface area contributed by atoms with Crippen LogP contribution in [-0.2, 0) is 6.42 Å². The van der Waals surface area contributed by atoms with Gasteiger partial charge in [0.15, 0.2) is 0 Å². The van der Waals surface area contributed by atoms with E-state index in [2.05, 4.69) is 4.90 Å². The van der Waals surface area contributed by atoms with Crippen molar-refractivity contribution < 1.29 is 24.3 Å². The van der Waals surface area contributed by atoms with Gasteiger partial charge < -0.3 is 25.3 Å². The Balaban J connectivity index is 1.46. The van der Waals surface area contributed by atoms with Gasteiger partial charge in [-0.1, -0.05) is 18.9 Å². The molecule has 2 aliphatic heterocycles. The molecule has 1 saturated carbocycles. The lowest BCUT2D eigenvalue weighted by atomic mass is 9.78. The van der Waals surface area contributed by atoms with E-state index in [0.717, 1.165) is 31.5 Å². The van der Waals surface area contributed by atoms with Gasteiger partial charge in [0.1, 0.15) is 23.2 Å². The van der Waals surface area contributed by atoms with Crippen LogP contribution in [-0.4, -0.2) is 59.4 Å². The highest BCUT2D eigenvalue weighted by molar-refractivity contribution is 6.44. The molecule has 1 aromatic carbocycles. The summed E-state index contributed by atoms with van der Waals surface area (Å²) in [5.41, 5.74) is 7.04. The summed E-state index contributed by atoms with van der Waals surface area (Å²) in [6, 6.07) is 4.16. The maximum atomic E-state index is 11.8. The van der Waals surface area contributed by atoms with E-state index in [0.29, 0.717) is 24.5 Å². The van der Waals surface area contributed by atoms with Crippen LogP contribution in [0.15, 0.2) is 12.1 Å². The first kappa shape index (κ1) is 17.6. The van der Waals surface area contributed by atoms with Crippen molar-refractivity contribution >= 4 is 13.1 Å². The van der Waals surface area contributed by atoms with Gasteiger partial charge in [0.2, 0.25) is 0 Å². The zero-order valence-corrected chi connectivity index (χ0v) is 14.8. The predicted molar refractivity (Wildman–Crippen MR) is 96.7 cm³/mol. The van der Waals surface area contributed by atoms with E-state index in [9.17, 15) is 14.9 Å². The lowest BCUT2D eigenvalue weighted by Gasteiger charge is -2.47. The fourth-order valence-corrected chi connectivity index (χ4v) is 4.30. The number of nitrogens with zero attached hydrogens (tertiary/aromatic N) is 1. The van der Waals surface area contributed by atoms with Crippen molar-refractivity contribution in [2.45, 2.75) is 56.6 Å². The zero-order chi connectivity index (χ0) is 18.3. The highest BCUT2D eigenvalue weighted by Gasteiger charge is 2.38. The van der Waals surface area contributed by atoms with E-state index >= 15 is 0 Å². The molecule has 2 atom stereocenters. The van der Waals surface area contributed by atoms with Crippen LogP contribution in [0.1, 0.15) is 41.6 Å². The molecule has 0 unspecified atom stereocenters. The highest BCUT2D eigenvalue weighted by atomic mass is 16.5. The van der Waals surface area contributed by atoms with Crippen LogP contribution in [0.5, 0.6) is 11.5 Å². The lowest BCUT2D eigenvalue weighted by Crippen LogP contribution is -2.62. The number of ether oxygens (including phenoxy) is 1. The quantitative estimate of drug-likeness (QED) is 0.692.